The molecule has 0 bridgehead atoms. The lowest BCUT2D eigenvalue weighted by Crippen LogP contribution is -2.16. The van der Waals surface area contributed by atoms with E-state index in [1.807, 2.05) is 90.5 Å². The second-order valence-corrected chi connectivity index (χ2v) is 9.88. The molecule has 8 nitrogen and oxygen atoms in total. The zero-order chi connectivity index (χ0) is 26.8. The quantitative estimate of drug-likeness (QED) is 0.288. The van der Waals surface area contributed by atoms with E-state index in [0.717, 1.165) is 38.8 Å². The number of hydrogen-bond donors (Lipinski definition) is 1. The molecule has 0 saturated heterocycles. The number of rotatable bonds is 3. The number of para-hydroxylation sites is 1. The number of fused-ring (bicyclic) bond motifs is 5. The molecule has 0 aliphatic carbocycles. The van der Waals surface area contributed by atoms with Crippen LogP contribution in [0.3, 0.4) is 0 Å². The zero-order valence-electron chi connectivity index (χ0n) is 21.4. The largest absolute Gasteiger partial charge is 0.507 e. The van der Waals surface area contributed by atoms with E-state index >= 15 is 0 Å². The van der Waals surface area contributed by atoms with Gasteiger partial charge in [-0.1, -0.05) is 72.8 Å². The van der Waals surface area contributed by atoms with Gasteiger partial charge in [-0.2, -0.15) is 5.10 Å². The predicted octanol–water partition coefficient (Wildman–Crippen LogP) is 6.43. The number of aromatic nitrogens is 6. The average molecular weight is 523 g/mol. The van der Waals surface area contributed by atoms with Gasteiger partial charge >= 0.3 is 0 Å². The van der Waals surface area contributed by atoms with Gasteiger partial charge in [0.1, 0.15) is 12.1 Å². The molecule has 1 aliphatic heterocycles. The number of aromatic hydroxyl groups is 1. The van der Waals surface area contributed by atoms with Gasteiger partial charge < -0.3 is 9.84 Å². The fourth-order valence-corrected chi connectivity index (χ4v) is 5.62. The van der Waals surface area contributed by atoms with Crippen molar-refractivity contribution in [2.75, 3.05) is 0 Å². The number of phenolic OH excluding ortho intramolecular Hbond substituents is 1. The molecule has 0 amide bonds. The molecule has 1 atom stereocenters. The van der Waals surface area contributed by atoms with Gasteiger partial charge in [-0.25, -0.2) is 19.2 Å². The zero-order valence-corrected chi connectivity index (χ0v) is 21.4. The topological polar surface area (TPSA) is 90.4 Å². The van der Waals surface area contributed by atoms with E-state index < -0.39 is 0 Å². The van der Waals surface area contributed by atoms with Gasteiger partial charge in [0.2, 0.25) is 11.8 Å². The minimum atomic E-state index is -0.240. The first-order valence-corrected chi connectivity index (χ1v) is 13.0. The van der Waals surface area contributed by atoms with E-state index in [9.17, 15) is 5.11 Å². The molecule has 1 unspecified atom stereocenters. The van der Waals surface area contributed by atoms with E-state index in [1.54, 1.807) is 16.9 Å². The molecule has 1 N–H and O–H groups in total. The summed E-state index contributed by atoms with van der Waals surface area (Å²) in [4.78, 5) is 9.63. The Hall–Kier alpha value is -5.50. The third kappa shape index (κ3) is 3.32. The highest BCUT2D eigenvalue weighted by Crippen LogP contribution is 2.49. The Morgan fingerprint density at radius 2 is 1.50 bits per heavy atom. The lowest BCUT2D eigenvalue weighted by atomic mass is 9.84. The summed E-state index contributed by atoms with van der Waals surface area (Å²) in [5, 5.41) is 22.4. The van der Waals surface area contributed by atoms with Crippen molar-refractivity contribution < 1.29 is 9.84 Å². The highest BCUT2D eigenvalue weighted by molar-refractivity contribution is 5.89. The number of benzene rings is 4. The normalized spacial score (nSPS) is 14.2. The summed E-state index contributed by atoms with van der Waals surface area (Å²) in [6.45, 7) is 2.00. The van der Waals surface area contributed by atoms with Gasteiger partial charge in [0.15, 0.2) is 11.5 Å². The summed E-state index contributed by atoms with van der Waals surface area (Å²) in [5.41, 5.74) is 5.74. The monoisotopic (exact) mass is 522 g/mol. The van der Waals surface area contributed by atoms with Crippen molar-refractivity contribution in [1.82, 2.24) is 29.4 Å². The number of hydrogen-bond acceptors (Lipinski definition) is 6. The van der Waals surface area contributed by atoms with E-state index in [2.05, 4.69) is 17.1 Å². The van der Waals surface area contributed by atoms with Gasteiger partial charge in [0, 0.05) is 0 Å². The van der Waals surface area contributed by atoms with E-state index in [1.165, 1.54) is 0 Å². The van der Waals surface area contributed by atoms with Crippen molar-refractivity contribution in [3.63, 3.8) is 0 Å². The highest BCUT2D eigenvalue weighted by atomic mass is 16.5. The second-order valence-electron chi connectivity index (χ2n) is 9.88. The molecule has 8 heteroatoms. The lowest BCUT2D eigenvalue weighted by Gasteiger charge is -2.26. The SMILES string of the molecule is Cc1nn(-c2ccccc2)c2c1C(c1ccccc1)c1c(ncn3nc(-c4cc5ccccc5cc4O)nc13)O2. The van der Waals surface area contributed by atoms with Crippen LogP contribution in [0.4, 0.5) is 0 Å². The summed E-state index contributed by atoms with van der Waals surface area (Å²) in [6, 6.07) is 31.7. The molecule has 8 rings (SSSR count). The van der Waals surface area contributed by atoms with Crippen LogP contribution in [0.25, 0.3) is 33.5 Å². The molecule has 0 spiro atoms. The Bertz CT molecular complexity index is 2060. The Labute approximate surface area is 228 Å². The molecule has 0 saturated carbocycles. The van der Waals surface area contributed by atoms with Crippen molar-refractivity contribution in [1.29, 1.82) is 0 Å². The van der Waals surface area contributed by atoms with Crippen molar-refractivity contribution in [2.24, 2.45) is 0 Å². The van der Waals surface area contributed by atoms with Crippen LogP contribution < -0.4 is 4.74 Å². The van der Waals surface area contributed by atoms with E-state index in [0.29, 0.717) is 28.8 Å². The molecule has 1 aliphatic rings. The smallest absolute Gasteiger partial charge is 0.230 e. The molecular weight excluding hydrogens is 500 g/mol. The summed E-state index contributed by atoms with van der Waals surface area (Å²) in [7, 11) is 0. The summed E-state index contributed by atoms with van der Waals surface area (Å²) >= 11 is 0. The first kappa shape index (κ1) is 22.5. The van der Waals surface area contributed by atoms with Crippen molar-refractivity contribution in [3.8, 4) is 34.6 Å². The van der Waals surface area contributed by atoms with E-state index in [-0.39, 0.29) is 11.7 Å². The van der Waals surface area contributed by atoms with Gasteiger partial charge in [-0.05, 0) is 47.5 Å². The first-order chi connectivity index (χ1) is 19.7. The van der Waals surface area contributed by atoms with Gasteiger partial charge in [0.25, 0.3) is 0 Å². The average Bonchev–Trinajstić information content (AvgIpc) is 3.57. The minimum absolute atomic E-state index is 0.120. The number of phenols is 1. The van der Waals surface area contributed by atoms with E-state index in [4.69, 9.17) is 19.9 Å². The van der Waals surface area contributed by atoms with Crippen molar-refractivity contribution >= 4 is 16.4 Å². The van der Waals surface area contributed by atoms with Crippen LogP contribution in [0.1, 0.15) is 28.3 Å². The van der Waals surface area contributed by atoms with Crippen LogP contribution in [0.2, 0.25) is 0 Å². The highest BCUT2D eigenvalue weighted by Gasteiger charge is 2.38. The maximum Gasteiger partial charge on any atom is 0.230 e. The molecule has 4 aromatic carbocycles. The Balaban J connectivity index is 1.37. The molecule has 40 heavy (non-hydrogen) atoms. The predicted molar refractivity (Wildman–Crippen MR) is 151 cm³/mol. The third-order valence-electron chi connectivity index (χ3n) is 7.46. The maximum atomic E-state index is 10.9. The second kappa shape index (κ2) is 8.51. The molecule has 0 radical (unpaired) electrons. The standard InChI is InChI=1S/C32H22N6O2/c1-19-26-27(20-10-4-2-5-11-20)28-30-34-29(24-16-21-12-8-9-13-22(21)17-25(24)39)36-37(30)18-33-31(28)40-32(26)38(35-19)23-14-6-3-7-15-23/h2-18,27,39H,1H3. The first-order valence-electron chi connectivity index (χ1n) is 13.0. The van der Waals surface area contributed by atoms with Crippen LogP contribution in [-0.2, 0) is 0 Å². The molecule has 3 aromatic heterocycles. The maximum absolute atomic E-state index is 10.9. The molecular formula is C32H22N6O2. The summed E-state index contributed by atoms with van der Waals surface area (Å²) in [6.07, 6.45) is 1.60. The molecule has 0 fully saturated rings. The fourth-order valence-electron chi connectivity index (χ4n) is 5.62. The third-order valence-corrected chi connectivity index (χ3v) is 7.46. The van der Waals surface area contributed by atoms with Crippen LogP contribution >= 0.6 is 0 Å². The number of ether oxygens (including phenoxy) is 1. The number of aryl methyl sites for hydroxylation is 1. The van der Waals surface area contributed by atoms with Gasteiger partial charge in [-0.15, -0.1) is 5.10 Å². The Morgan fingerprint density at radius 1 is 0.800 bits per heavy atom. The minimum Gasteiger partial charge on any atom is -0.507 e. The summed E-state index contributed by atoms with van der Waals surface area (Å²) in [5.74, 6) is 1.37. The van der Waals surface area contributed by atoms with Crippen LogP contribution in [0.15, 0.2) is 103 Å². The van der Waals surface area contributed by atoms with Gasteiger partial charge in [-0.3, -0.25) is 0 Å². The lowest BCUT2D eigenvalue weighted by molar-refractivity contribution is 0.402. The van der Waals surface area contributed by atoms with Crippen molar-refractivity contribution in [3.05, 3.63) is 126 Å². The Kier molecular flexibility index (Phi) is 4.78. The van der Waals surface area contributed by atoms with Crippen LogP contribution in [0, 0.1) is 6.92 Å². The van der Waals surface area contributed by atoms with Gasteiger partial charge in [0.05, 0.1) is 34.0 Å². The fraction of sp³-hybridized carbons (Fsp3) is 0.0625. The van der Waals surface area contributed by atoms with Crippen LogP contribution in [0.5, 0.6) is 17.5 Å². The molecule has 4 heterocycles. The number of nitrogens with zero attached hydrogens (tertiary/aromatic N) is 6. The van der Waals surface area contributed by atoms with Crippen LogP contribution in [-0.4, -0.2) is 34.5 Å². The molecule has 192 valence electrons. The molecule has 7 aromatic rings. The van der Waals surface area contributed by atoms with Crippen molar-refractivity contribution in [2.45, 2.75) is 12.8 Å². The summed E-state index contributed by atoms with van der Waals surface area (Å²) < 4.78 is 9.99. The Morgan fingerprint density at radius 3 is 2.27 bits per heavy atom.